The number of hydrogen-bond acceptors (Lipinski definition) is 4. The monoisotopic (exact) mass is 251 g/mol. The zero-order chi connectivity index (χ0) is 13.8. The molecule has 97 valence electrons. The molecule has 1 aromatic carbocycles. The van der Waals surface area contributed by atoms with E-state index in [-0.39, 0.29) is 0 Å². The number of benzene rings is 1. The molecule has 0 aromatic heterocycles. The summed E-state index contributed by atoms with van der Waals surface area (Å²) in [6.07, 6.45) is 0.259. The fraction of sp³-hybridized carbons (Fsp3) is 0.308. The first-order valence-electron chi connectivity index (χ1n) is 5.35. The fourth-order valence-corrected chi connectivity index (χ4v) is 1.14. The molecule has 5 heteroatoms. The summed E-state index contributed by atoms with van der Waals surface area (Å²) >= 11 is 0. The van der Waals surface area contributed by atoms with Crippen LogP contribution < -0.4 is 4.74 Å². The third-order valence-corrected chi connectivity index (χ3v) is 1.76. The van der Waals surface area contributed by atoms with E-state index in [9.17, 15) is 9.59 Å². The van der Waals surface area contributed by atoms with E-state index in [1.54, 1.807) is 20.8 Å². The molecule has 1 radical (unpaired) electrons. The van der Waals surface area contributed by atoms with Crippen LogP contribution in [0.4, 0.5) is 4.79 Å². The summed E-state index contributed by atoms with van der Waals surface area (Å²) in [5, 5.41) is 8.55. The molecule has 0 fully saturated rings. The Bertz CT molecular complexity index is 428. The van der Waals surface area contributed by atoms with Gasteiger partial charge in [-0.1, -0.05) is 12.1 Å². The summed E-state index contributed by atoms with van der Waals surface area (Å²) < 4.78 is 9.90. The van der Waals surface area contributed by atoms with Crippen LogP contribution >= 0.6 is 0 Å². The minimum Gasteiger partial charge on any atom is -0.481 e. The minimum absolute atomic E-state index is 0.298. The second-order valence-corrected chi connectivity index (χ2v) is 4.62. The Morgan fingerprint density at radius 1 is 1.17 bits per heavy atom. The number of rotatable bonds is 3. The smallest absolute Gasteiger partial charge is 0.481 e. The molecule has 0 saturated carbocycles. The number of hydrogen-bond donors (Lipinski definition) is 1. The molecular weight excluding hydrogens is 236 g/mol. The van der Waals surface area contributed by atoms with Crippen molar-refractivity contribution in [2.45, 2.75) is 26.4 Å². The van der Waals surface area contributed by atoms with Crippen molar-refractivity contribution in [3.8, 4) is 5.75 Å². The van der Waals surface area contributed by atoms with Gasteiger partial charge in [0.25, 0.3) is 0 Å². The summed E-state index contributed by atoms with van der Waals surface area (Å²) in [5.74, 6) is -0.734. The quantitative estimate of drug-likeness (QED) is 0.660. The predicted molar refractivity (Wildman–Crippen MR) is 64.3 cm³/mol. The van der Waals surface area contributed by atoms with Gasteiger partial charge in [-0.15, -0.1) is 0 Å². The molecule has 0 heterocycles. The number of ether oxygens (including phenoxy) is 2. The van der Waals surface area contributed by atoms with Crippen LogP contribution in [0, 0.1) is 6.42 Å². The van der Waals surface area contributed by atoms with Gasteiger partial charge in [0.05, 0.1) is 6.42 Å². The summed E-state index contributed by atoms with van der Waals surface area (Å²) in [7, 11) is 0. The third-order valence-electron chi connectivity index (χ3n) is 1.76. The van der Waals surface area contributed by atoms with Crippen molar-refractivity contribution in [1.82, 2.24) is 0 Å². The minimum atomic E-state index is -1.03. The van der Waals surface area contributed by atoms with E-state index in [2.05, 4.69) is 0 Å². The molecule has 1 aromatic rings. The van der Waals surface area contributed by atoms with Gasteiger partial charge in [-0.3, -0.25) is 4.79 Å². The maximum Gasteiger partial charge on any atom is 0.514 e. The Morgan fingerprint density at radius 2 is 1.72 bits per heavy atom. The van der Waals surface area contributed by atoms with Crippen molar-refractivity contribution < 1.29 is 24.2 Å². The number of carbonyl (C=O) groups excluding carboxylic acids is 1. The molecule has 0 unspecified atom stereocenters. The molecule has 0 aliphatic rings. The zero-order valence-electron chi connectivity index (χ0n) is 10.5. The van der Waals surface area contributed by atoms with Gasteiger partial charge in [0, 0.05) is 0 Å². The molecule has 0 saturated heterocycles. The SMILES string of the molecule is CC(C)(C)OC(=O)Oc1ccc([CH]C(=O)O)cc1. The van der Waals surface area contributed by atoms with Gasteiger partial charge >= 0.3 is 12.1 Å². The van der Waals surface area contributed by atoms with Crippen LogP contribution in [0.2, 0.25) is 0 Å². The Labute approximate surface area is 105 Å². The van der Waals surface area contributed by atoms with Gasteiger partial charge in [-0.2, -0.15) is 0 Å². The van der Waals surface area contributed by atoms with Gasteiger partial charge in [0.15, 0.2) is 0 Å². The van der Waals surface area contributed by atoms with Gasteiger partial charge < -0.3 is 14.6 Å². The number of carbonyl (C=O) groups is 2. The van der Waals surface area contributed by atoms with Crippen LogP contribution in [0.25, 0.3) is 0 Å². The molecule has 0 amide bonds. The maximum absolute atomic E-state index is 11.3. The van der Waals surface area contributed by atoms with Crippen LogP contribution in [0.1, 0.15) is 26.3 Å². The van der Waals surface area contributed by atoms with Crippen LogP contribution in [0.3, 0.4) is 0 Å². The van der Waals surface area contributed by atoms with Crippen LogP contribution in [-0.2, 0) is 9.53 Å². The highest BCUT2D eigenvalue weighted by Crippen LogP contribution is 2.16. The van der Waals surface area contributed by atoms with E-state index >= 15 is 0 Å². The lowest BCUT2D eigenvalue weighted by molar-refractivity contribution is -0.132. The lowest BCUT2D eigenvalue weighted by atomic mass is 10.1. The van der Waals surface area contributed by atoms with Crippen LogP contribution in [0.5, 0.6) is 5.75 Å². The van der Waals surface area contributed by atoms with E-state index in [4.69, 9.17) is 14.6 Å². The lowest BCUT2D eigenvalue weighted by Crippen LogP contribution is -2.25. The number of carboxylic acids is 1. The van der Waals surface area contributed by atoms with E-state index in [1.165, 1.54) is 24.3 Å². The Morgan fingerprint density at radius 3 is 2.17 bits per heavy atom. The maximum atomic E-state index is 11.3. The molecule has 0 spiro atoms. The third kappa shape index (κ3) is 5.34. The van der Waals surface area contributed by atoms with E-state index < -0.39 is 17.7 Å². The second-order valence-electron chi connectivity index (χ2n) is 4.62. The summed E-state index contributed by atoms with van der Waals surface area (Å²) in [5.41, 5.74) is -0.104. The molecular formula is C13H15O5. The fourth-order valence-electron chi connectivity index (χ4n) is 1.14. The van der Waals surface area contributed by atoms with E-state index in [1.807, 2.05) is 0 Å². The van der Waals surface area contributed by atoms with Gasteiger partial charge in [-0.05, 0) is 38.5 Å². The molecule has 0 bridgehead atoms. The lowest BCUT2D eigenvalue weighted by Gasteiger charge is -2.18. The van der Waals surface area contributed by atoms with Crippen molar-refractivity contribution >= 4 is 12.1 Å². The zero-order valence-corrected chi connectivity index (χ0v) is 10.5. The van der Waals surface area contributed by atoms with Crippen molar-refractivity contribution in [2.24, 2.45) is 0 Å². The molecule has 0 atom stereocenters. The average Bonchev–Trinajstić information content (AvgIpc) is 2.17. The van der Waals surface area contributed by atoms with Crippen molar-refractivity contribution in [1.29, 1.82) is 0 Å². The Balaban J connectivity index is 2.58. The average molecular weight is 251 g/mol. The molecule has 0 aliphatic heterocycles. The number of carboxylic acid groups (broad SMARTS) is 1. The largest absolute Gasteiger partial charge is 0.514 e. The van der Waals surface area contributed by atoms with E-state index in [0.29, 0.717) is 11.3 Å². The highest BCUT2D eigenvalue weighted by Gasteiger charge is 2.17. The topological polar surface area (TPSA) is 72.8 Å². The Kier molecular flexibility index (Phi) is 4.31. The normalized spacial score (nSPS) is 10.8. The van der Waals surface area contributed by atoms with Crippen molar-refractivity contribution in [3.05, 3.63) is 36.2 Å². The first kappa shape index (κ1) is 14.0. The first-order chi connectivity index (χ1) is 8.26. The van der Waals surface area contributed by atoms with Crippen LogP contribution in [-0.4, -0.2) is 22.8 Å². The Hall–Kier alpha value is -2.04. The molecule has 5 nitrogen and oxygen atoms in total. The van der Waals surface area contributed by atoms with Crippen molar-refractivity contribution in [3.63, 3.8) is 0 Å². The summed E-state index contributed by atoms with van der Waals surface area (Å²) in [6, 6.07) is 6.07. The van der Waals surface area contributed by atoms with E-state index in [0.717, 1.165) is 6.42 Å². The molecule has 1 N–H and O–H groups in total. The van der Waals surface area contributed by atoms with Gasteiger partial charge in [0.1, 0.15) is 11.4 Å². The first-order valence-corrected chi connectivity index (χ1v) is 5.35. The van der Waals surface area contributed by atoms with Crippen LogP contribution in [0.15, 0.2) is 24.3 Å². The standard InChI is InChI=1S/C13H15O5/c1-13(2,3)18-12(16)17-10-6-4-9(5-7-10)8-11(14)15/h4-8H,1-3H3,(H,14,15). The van der Waals surface area contributed by atoms with Gasteiger partial charge in [0.2, 0.25) is 0 Å². The van der Waals surface area contributed by atoms with Crippen molar-refractivity contribution in [2.75, 3.05) is 0 Å². The highest BCUT2D eigenvalue weighted by molar-refractivity contribution is 5.81. The summed E-state index contributed by atoms with van der Waals surface area (Å²) in [6.45, 7) is 5.21. The number of aliphatic carboxylic acids is 1. The molecule has 1 rings (SSSR count). The second kappa shape index (κ2) is 5.53. The van der Waals surface area contributed by atoms with Gasteiger partial charge in [-0.25, -0.2) is 4.79 Å². The summed E-state index contributed by atoms with van der Waals surface area (Å²) in [4.78, 5) is 21.8. The molecule has 0 aliphatic carbocycles. The highest BCUT2D eigenvalue weighted by atomic mass is 16.7. The predicted octanol–water partition coefficient (Wildman–Crippen LogP) is 2.64. The molecule has 18 heavy (non-hydrogen) atoms.